The van der Waals surface area contributed by atoms with E-state index in [9.17, 15) is 15.0 Å². The highest BCUT2D eigenvalue weighted by Gasteiger charge is 2.30. The first-order valence-electron chi connectivity index (χ1n) is 7.79. The average molecular weight is 312 g/mol. The van der Waals surface area contributed by atoms with Crippen molar-refractivity contribution in [3.8, 4) is 5.75 Å². The zero-order valence-corrected chi connectivity index (χ0v) is 12.8. The Labute approximate surface area is 135 Å². The molecule has 0 bridgehead atoms. The second-order valence-corrected chi connectivity index (χ2v) is 5.99. The van der Waals surface area contributed by atoms with Gasteiger partial charge in [0.25, 0.3) is 5.91 Å². The van der Waals surface area contributed by atoms with Gasteiger partial charge in [-0.1, -0.05) is 30.3 Å². The van der Waals surface area contributed by atoms with Crippen LogP contribution in [0.25, 0.3) is 0 Å². The minimum Gasteiger partial charge on any atom is -0.506 e. The summed E-state index contributed by atoms with van der Waals surface area (Å²) < 4.78 is 0. The molecule has 1 aliphatic heterocycles. The number of carbonyl (C=O) groups is 1. The van der Waals surface area contributed by atoms with Crippen LogP contribution in [0.15, 0.2) is 48.8 Å². The van der Waals surface area contributed by atoms with E-state index in [2.05, 4.69) is 4.98 Å². The predicted molar refractivity (Wildman–Crippen MR) is 86.1 cm³/mol. The minimum absolute atomic E-state index is 0.0142. The first-order valence-corrected chi connectivity index (χ1v) is 7.79. The molecular weight excluding hydrogens is 292 g/mol. The lowest BCUT2D eigenvalue weighted by molar-refractivity contribution is 0.0241. The first kappa shape index (κ1) is 15.5. The summed E-state index contributed by atoms with van der Waals surface area (Å²) in [6.07, 6.45) is 3.66. The quantitative estimate of drug-likeness (QED) is 0.907. The smallest absolute Gasteiger partial charge is 0.255 e. The fourth-order valence-electron chi connectivity index (χ4n) is 3.05. The number of piperidine rings is 1. The lowest BCUT2D eigenvalue weighted by Crippen LogP contribution is -2.46. The van der Waals surface area contributed by atoms with Gasteiger partial charge in [-0.05, 0) is 24.5 Å². The Morgan fingerprint density at radius 1 is 1.26 bits per heavy atom. The number of hydrogen-bond acceptors (Lipinski definition) is 4. The van der Waals surface area contributed by atoms with Gasteiger partial charge in [0, 0.05) is 25.2 Å². The van der Waals surface area contributed by atoms with Crippen molar-refractivity contribution in [1.29, 1.82) is 0 Å². The van der Waals surface area contributed by atoms with Crippen molar-refractivity contribution in [2.75, 3.05) is 13.1 Å². The lowest BCUT2D eigenvalue weighted by atomic mass is 9.88. The molecule has 5 heteroatoms. The molecule has 0 aliphatic carbocycles. The molecule has 3 rings (SSSR count). The number of benzene rings is 1. The maximum atomic E-state index is 12.5. The van der Waals surface area contributed by atoms with Crippen LogP contribution in [0.4, 0.5) is 0 Å². The van der Waals surface area contributed by atoms with E-state index in [0.717, 1.165) is 12.0 Å². The molecule has 2 heterocycles. The summed E-state index contributed by atoms with van der Waals surface area (Å²) in [6.45, 7) is 1.02. The molecule has 1 aliphatic rings. The summed E-state index contributed by atoms with van der Waals surface area (Å²) in [4.78, 5) is 18.1. The van der Waals surface area contributed by atoms with E-state index >= 15 is 0 Å². The number of amides is 1. The van der Waals surface area contributed by atoms with E-state index in [-0.39, 0.29) is 17.6 Å². The van der Waals surface area contributed by atoms with Gasteiger partial charge >= 0.3 is 0 Å². The Kier molecular flexibility index (Phi) is 4.57. The number of pyridine rings is 1. The number of rotatable bonds is 3. The SMILES string of the molecule is O=C(c1cncc(O)c1)N1CC[C@H](O)[C@H](Cc2ccccc2)C1. The highest BCUT2D eigenvalue weighted by molar-refractivity contribution is 5.94. The third-order valence-electron chi connectivity index (χ3n) is 4.29. The Bertz CT molecular complexity index is 675. The Morgan fingerprint density at radius 3 is 2.78 bits per heavy atom. The van der Waals surface area contributed by atoms with E-state index in [1.165, 1.54) is 18.5 Å². The van der Waals surface area contributed by atoms with Crippen LogP contribution in [0.5, 0.6) is 5.75 Å². The van der Waals surface area contributed by atoms with E-state index in [1.807, 2.05) is 30.3 Å². The van der Waals surface area contributed by atoms with Crippen molar-refractivity contribution in [1.82, 2.24) is 9.88 Å². The normalized spacial score (nSPS) is 21.2. The molecule has 2 atom stereocenters. The molecule has 1 aromatic carbocycles. The van der Waals surface area contributed by atoms with Gasteiger partial charge < -0.3 is 15.1 Å². The molecule has 0 radical (unpaired) electrons. The molecule has 23 heavy (non-hydrogen) atoms. The van der Waals surface area contributed by atoms with Crippen molar-refractivity contribution >= 4 is 5.91 Å². The van der Waals surface area contributed by atoms with Crippen LogP contribution in [0, 0.1) is 5.92 Å². The van der Waals surface area contributed by atoms with Gasteiger partial charge in [0.1, 0.15) is 5.75 Å². The number of aliphatic hydroxyl groups excluding tert-OH is 1. The standard InChI is InChI=1S/C18H20N2O3/c21-16-9-14(10-19-11-16)18(23)20-7-6-17(22)15(12-20)8-13-4-2-1-3-5-13/h1-5,9-11,15,17,21-22H,6-8,12H2/t15-,17+/m1/s1. The highest BCUT2D eigenvalue weighted by atomic mass is 16.3. The number of carbonyl (C=O) groups excluding carboxylic acids is 1. The van der Waals surface area contributed by atoms with Crippen LogP contribution in [0.2, 0.25) is 0 Å². The van der Waals surface area contributed by atoms with Crippen LogP contribution in [0.1, 0.15) is 22.3 Å². The summed E-state index contributed by atoms with van der Waals surface area (Å²) in [6, 6.07) is 11.4. The summed E-state index contributed by atoms with van der Waals surface area (Å²) in [5, 5.41) is 19.7. The first-order chi connectivity index (χ1) is 11.1. The summed E-state index contributed by atoms with van der Waals surface area (Å²) in [7, 11) is 0. The van der Waals surface area contributed by atoms with Crippen LogP contribution in [0.3, 0.4) is 0 Å². The number of hydrogen-bond donors (Lipinski definition) is 2. The van der Waals surface area contributed by atoms with Crippen LogP contribution in [-0.4, -0.2) is 45.2 Å². The van der Waals surface area contributed by atoms with Gasteiger partial charge in [-0.3, -0.25) is 9.78 Å². The Balaban J connectivity index is 1.71. The third kappa shape index (κ3) is 3.68. The van der Waals surface area contributed by atoms with Gasteiger partial charge in [0.2, 0.25) is 0 Å². The molecule has 0 unspecified atom stereocenters. The summed E-state index contributed by atoms with van der Waals surface area (Å²) in [5.74, 6) is -0.160. The maximum Gasteiger partial charge on any atom is 0.255 e. The Morgan fingerprint density at radius 2 is 2.04 bits per heavy atom. The summed E-state index contributed by atoms with van der Waals surface area (Å²) in [5.41, 5.74) is 1.53. The van der Waals surface area contributed by atoms with Gasteiger partial charge in [0.05, 0.1) is 17.9 Å². The zero-order valence-electron chi connectivity index (χ0n) is 12.8. The molecule has 0 saturated carbocycles. The topological polar surface area (TPSA) is 73.7 Å². The molecule has 1 saturated heterocycles. The van der Waals surface area contributed by atoms with Crippen LogP contribution >= 0.6 is 0 Å². The minimum atomic E-state index is -0.401. The molecule has 2 aromatic rings. The van der Waals surface area contributed by atoms with Crippen molar-refractivity contribution in [3.05, 3.63) is 59.9 Å². The van der Waals surface area contributed by atoms with Gasteiger partial charge in [-0.15, -0.1) is 0 Å². The van der Waals surface area contributed by atoms with Crippen LogP contribution in [-0.2, 0) is 6.42 Å². The lowest BCUT2D eigenvalue weighted by Gasteiger charge is -2.36. The number of likely N-dealkylation sites (tertiary alicyclic amines) is 1. The van der Waals surface area contributed by atoms with E-state index in [0.29, 0.717) is 25.1 Å². The van der Waals surface area contributed by atoms with Crippen molar-refractivity contribution in [3.63, 3.8) is 0 Å². The van der Waals surface area contributed by atoms with Crippen molar-refractivity contribution in [2.24, 2.45) is 5.92 Å². The third-order valence-corrected chi connectivity index (χ3v) is 4.29. The molecule has 120 valence electrons. The second-order valence-electron chi connectivity index (χ2n) is 5.99. The van der Waals surface area contributed by atoms with Crippen molar-refractivity contribution < 1.29 is 15.0 Å². The van der Waals surface area contributed by atoms with E-state index in [4.69, 9.17) is 0 Å². The Hall–Kier alpha value is -2.40. The fourth-order valence-corrected chi connectivity index (χ4v) is 3.05. The molecule has 0 spiro atoms. The average Bonchev–Trinajstić information content (AvgIpc) is 2.57. The number of aromatic hydroxyl groups is 1. The maximum absolute atomic E-state index is 12.5. The van der Waals surface area contributed by atoms with Gasteiger partial charge in [-0.2, -0.15) is 0 Å². The zero-order chi connectivity index (χ0) is 16.2. The number of aliphatic hydroxyl groups is 1. The largest absolute Gasteiger partial charge is 0.506 e. The summed E-state index contributed by atoms with van der Waals surface area (Å²) >= 11 is 0. The van der Waals surface area contributed by atoms with Gasteiger partial charge in [-0.25, -0.2) is 0 Å². The molecule has 5 nitrogen and oxygen atoms in total. The van der Waals surface area contributed by atoms with E-state index in [1.54, 1.807) is 4.90 Å². The molecule has 1 fully saturated rings. The molecule has 1 aromatic heterocycles. The number of nitrogens with zero attached hydrogens (tertiary/aromatic N) is 2. The van der Waals surface area contributed by atoms with E-state index < -0.39 is 6.10 Å². The molecule has 1 amide bonds. The molecule has 2 N–H and O–H groups in total. The van der Waals surface area contributed by atoms with Gasteiger partial charge in [0.15, 0.2) is 0 Å². The highest BCUT2D eigenvalue weighted by Crippen LogP contribution is 2.23. The second kappa shape index (κ2) is 6.79. The number of aromatic nitrogens is 1. The predicted octanol–water partition coefficient (Wildman–Crippen LogP) is 1.85. The van der Waals surface area contributed by atoms with Crippen molar-refractivity contribution in [2.45, 2.75) is 18.9 Å². The monoisotopic (exact) mass is 312 g/mol. The fraction of sp³-hybridized carbons (Fsp3) is 0.333. The van der Waals surface area contributed by atoms with Crippen LogP contribution < -0.4 is 0 Å². The molecular formula is C18H20N2O3.